The maximum Gasteiger partial charge on any atom is 0.303 e. The molecule has 37 heavy (non-hydrogen) atoms. The van der Waals surface area contributed by atoms with Gasteiger partial charge >= 0.3 is 5.97 Å². The Bertz CT molecular complexity index is 1430. The molecule has 4 rings (SSSR count). The van der Waals surface area contributed by atoms with Crippen LogP contribution in [0.2, 0.25) is 5.02 Å². The van der Waals surface area contributed by atoms with Crippen LogP contribution in [0.5, 0.6) is 0 Å². The number of carbonyl (C=O) groups is 2. The lowest BCUT2D eigenvalue weighted by atomic mass is 10.0. The average molecular weight is 520 g/mol. The fraction of sp³-hybridized carbons (Fsp3) is 0.241. The Morgan fingerprint density at radius 1 is 0.973 bits per heavy atom. The third kappa shape index (κ3) is 6.30. The van der Waals surface area contributed by atoms with Crippen LogP contribution in [0.4, 0.5) is 4.39 Å². The molecule has 1 atom stereocenters. The molecule has 4 aromatic rings. The number of benzene rings is 3. The number of fused-ring (bicyclic) bond motifs is 1. The highest BCUT2D eigenvalue weighted by Crippen LogP contribution is 2.28. The summed E-state index contributed by atoms with van der Waals surface area (Å²) in [5.41, 5.74) is 4.83. The van der Waals surface area contributed by atoms with E-state index < -0.39 is 5.97 Å². The minimum Gasteiger partial charge on any atom is -0.481 e. The molecular weight excluding hydrogens is 493 g/mol. The van der Waals surface area contributed by atoms with Gasteiger partial charge in [-0.2, -0.15) is 0 Å². The van der Waals surface area contributed by atoms with Gasteiger partial charge < -0.3 is 10.0 Å². The minimum atomic E-state index is -0.829. The molecule has 0 bridgehead atoms. The zero-order valence-electron chi connectivity index (χ0n) is 20.6. The summed E-state index contributed by atoms with van der Waals surface area (Å²) in [4.78, 5) is 35.5. The van der Waals surface area contributed by atoms with Crippen LogP contribution in [-0.2, 0) is 11.2 Å². The molecule has 0 spiro atoms. The molecular formula is C29H27ClFN3O3. The number of amides is 1. The number of hydrogen-bond donors (Lipinski definition) is 1. The highest BCUT2D eigenvalue weighted by molar-refractivity contribution is 6.30. The average Bonchev–Trinajstić information content (AvgIpc) is 2.90. The van der Waals surface area contributed by atoms with E-state index in [1.807, 2.05) is 19.1 Å². The number of carboxylic acids is 1. The molecule has 190 valence electrons. The number of unbranched alkanes of at least 4 members (excludes halogenated alkanes) is 1. The van der Waals surface area contributed by atoms with E-state index in [0.29, 0.717) is 46.6 Å². The van der Waals surface area contributed by atoms with Crippen molar-refractivity contribution in [1.82, 2.24) is 14.9 Å². The standard InChI is InChI=1S/C29H27ClFN3O3/c1-18(19-9-14-23(31)15-10-19)34(2)29(37)21-11-16-24-26(17-21)32-25(5-3-4-6-27(35)36)28(33-24)20-7-12-22(30)13-8-20/h7-18H,3-6H2,1-2H3,(H,35,36)/t18-/m1/s1. The molecule has 3 aromatic carbocycles. The molecule has 0 radical (unpaired) electrons. The summed E-state index contributed by atoms with van der Waals surface area (Å²) in [5.74, 6) is -1.34. The number of carbonyl (C=O) groups excluding carboxylic acids is 1. The summed E-state index contributed by atoms with van der Waals surface area (Å²) in [6, 6.07) is 18.4. The highest BCUT2D eigenvalue weighted by Gasteiger charge is 2.20. The summed E-state index contributed by atoms with van der Waals surface area (Å²) in [5, 5.41) is 9.58. The molecule has 6 nitrogen and oxygen atoms in total. The number of halogens is 2. The summed E-state index contributed by atoms with van der Waals surface area (Å²) in [6.45, 7) is 1.89. The van der Waals surface area contributed by atoms with E-state index in [-0.39, 0.29) is 24.2 Å². The zero-order chi connectivity index (χ0) is 26.5. The lowest BCUT2D eigenvalue weighted by Crippen LogP contribution is -2.29. The van der Waals surface area contributed by atoms with Crippen molar-refractivity contribution in [2.24, 2.45) is 0 Å². The van der Waals surface area contributed by atoms with Gasteiger partial charge in [0, 0.05) is 29.6 Å². The lowest BCUT2D eigenvalue weighted by molar-refractivity contribution is -0.137. The Hall–Kier alpha value is -3.84. The fourth-order valence-corrected chi connectivity index (χ4v) is 4.28. The van der Waals surface area contributed by atoms with E-state index in [2.05, 4.69) is 0 Å². The van der Waals surface area contributed by atoms with Gasteiger partial charge in [-0.3, -0.25) is 9.59 Å². The maximum absolute atomic E-state index is 13.3. The van der Waals surface area contributed by atoms with E-state index >= 15 is 0 Å². The second kappa shape index (κ2) is 11.5. The summed E-state index contributed by atoms with van der Waals surface area (Å²) in [7, 11) is 1.71. The van der Waals surface area contributed by atoms with Crippen molar-refractivity contribution in [1.29, 1.82) is 0 Å². The van der Waals surface area contributed by atoms with E-state index in [1.54, 1.807) is 54.4 Å². The normalized spacial score (nSPS) is 11.9. The number of rotatable bonds is 9. The van der Waals surface area contributed by atoms with Crippen LogP contribution in [0.25, 0.3) is 22.3 Å². The van der Waals surface area contributed by atoms with Crippen LogP contribution in [0.1, 0.15) is 53.8 Å². The molecule has 0 aliphatic heterocycles. The van der Waals surface area contributed by atoms with Gasteiger partial charge in [0.05, 0.1) is 28.5 Å². The predicted octanol–water partition coefficient (Wildman–Crippen LogP) is 6.72. The van der Waals surface area contributed by atoms with Gasteiger partial charge in [-0.15, -0.1) is 0 Å². The molecule has 1 amide bonds. The zero-order valence-corrected chi connectivity index (χ0v) is 21.4. The van der Waals surface area contributed by atoms with Gasteiger partial charge in [-0.1, -0.05) is 35.9 Å². The van der Waals surface area contributed by atoms with Crippen LogP contribution in [0.3, 0.4) is 0 Å². The van der Waals surface area contributed by atoms with Crippen molar-refractivity contribution in [2.45, 2.75) is 38.6 Å². The topological polar surface area (TPSA) is 83.4 Å². The molecule has 1 heterocycles. The summed E-state index contributed by atoms with van der Waals surface area (Å²) in [6.07, 6.45) is 1.81. The first-order valence-electron chi connectivity index (χ1n) is 12.0. The number of aryl methyl sites for hydroxylation is 1. The number of hydrogen-bond acceptors (Lipinski definition) is 4. The molecule has 0 saturated carbocycles. The SMILES string of the molecule is C[C@H](c1ccc(F)cc1)N(C)C(=O)c1ccc2nc(-c3ccc(Cl)cc3)c(CCCCC(=O)O)nc2c1. The quantitative estimate of drug-likeness (QED) is 0.248. The molecule has 0 unspecified atom stereocenters. The Balaban J connectivity index is 1.65. The van der Waals surface area contributed by atoms with Gasteiger partial charge in [0.2, 0.25) is 0 Å². The first-order valence-corrected chi connectivity index (χ1v) is 12.4. The Morgan fingerprint density at radius 2 is 1.68 bits per heavy atom. The lowest BCUT2D eigenvalue weighted by Gasteiger charge is -2.25. The van der Waals surface area contributed by atoms with Gasteiger partial charge in [0.1, 0.15) is 5.82 Å². The second-order valence-corrected chi connectivity index (χ2v) is 9.41. The van der Waals surface area contributed by atoms with Crippen molar-refractivity contribution >= 4 is 34.5 Å². The molecule has 1 N–H and O–H groups in total. The molecule has 1 aromatic heterocycles. The summed E-state index contributed by atoms with van der Waals surface area (Å²) >= 11 is 6.06. The maximum atomic E-state index is 13.3. The molecule has 0 saturated heterocycles. The Morgan fingerprint density at radius 3 is 2.35 bits per heavy atom. The Kier molecular flexibility index (Phi) is 8.14. The van der Waals surface area contributed by atoms with Gasteiger partial charge in [-0.05, 0) is 74.2 Å². The van der Waals surface area contributed by atoms with Crippen LogP contribution in [0, 0.1) is 5.82 Å². The molecule has 0 fully saturated rings. The van der Waals surface area contributed by atoms with E-state index in [1.165, 1.54) is 12.1 Å². The molecule has 0 aliphatic rings. The number of aromatic nitrogens is 2. The monoisotopic (exact) mass is 519 g/mol. The van der Waals surface area contributed by atoms with Gasteiger partial charge in [0.25, 0.3) is 5.91 Å². The van der Waals surface area contributed by atoms with Gasteiger partial charge in [0.15, 0.2) is 0 Å². The number of aliphatic carboxylic acids is 1. The molecule has 8 heteroatoms. The van der Waals surface area contributed by atoms with Crippen molar-refractivity contribution in [2.75, 3.05) is 7.05 Å². The van der Waals surface area contributed by atoms with Crippen molar-refractivity contribution in [3.05, 3.63) is 94.4 Å². The first kappa shape index (κ1) is 26.2. The smallest absolute Gasteiger partial charge is 0.303 e. The van der Waals surface area contributed by atoms with E-state index in [0.717, 1.165) is 16.8 Å². The third-order valence-corrected chi connectivity index (χ3v) is 6.66. The van der Waals surface area contributed by atoms with E-state index in [4.69, 9.17) is 26.7 Å². The number of carboxylic acid groups (broad SMARTS) is 1. The van der Waals surface area contributed by atoms with Gasteiger partial charge in [-0.25, -0.2) is 14.4 Å². The number of nitrogens with zero attached hydrogens (tertiary/aromatic N) is 3. The first-order chi connectivity index (χ1) is 17.7. The van der Waals surface area contributed by atoms with Crippen molar-refractivity contribution in [3.63, 3.8) is 0 Å². The van der Waals surface area contributed by atoms with E-state index in [9.17, 15) is 14.0 Å². The largest absolute Gasteiger partial charge is 0.481 e. The van der Waals surface area contributed by atoms with Crippen molar-refractivity contribution in [3.8, 4) is 11.3 Å². The Labute approximate surface area is 219 Å². The van der Waals surface area contributed by atoms with Crippen LogP contribution >= 0.6 is 11.6 Å². The fourth-order valence-electron chi connectivity index (χ4n) is 4.15. The third-order valence-electron chi connectivity index (χ3n) is 6.41. The van der Waals surface area contributed by atoms with Crippen LogP contribution in [0.15, 0.2) is 66.7 Å². The second-order valence-electron chi connectivity index (χ2n) is 8.97. The van der Waals surface area contributed by atoms with Crippen molar-refractivity contribution < 1.29 is 19.1 Å². The van der Waals surface area contributed by atoms with Crippen LogP contribution in [-0.4, -0.2) is 38.9 Å². The minimum absolute atomic E-state index is 0.0918. The predicted molar refractivity (Wildman–Crippen MR) is 142 cm³/mol. The summed E-state index contributed by atoms with van der Waals surface area (Å²) < 4.78 is 13.3. The molecule has 0 aliphatic carbocycles. The van der Waals surface area contributed by atoms with Crippen LogP contribution < -0.4 is 0 Å². The highest BCUT2D eigenvalue weighted by atomic mass is 35.5.